The van der Waals surface area contributed by atoms with E-state index in [1.165, 1.54) is 0 Å². The third-order valence-corrected chi connectivity index (χ3v) is 3.63. The molecule has 0 aromatic heterocycles. The Morgan fingerprint density at radius 2 is 1.04 bits per heavy atom. The van der Waals surface area contributed by atoms with Crippen LogP contribution in [0.2, 0.25) is 0 Å². The van der Waals surface area contributed by atoms with Gasteiger partial charge >= 0.3 is 12.2 Å². The highest BCUT2D eigenvalue weighted by atomic mass is 16.6. The van der Waals surface area contributed by atoms with E-state index in [1.807, 2.05) is 0 Å². The van der Waals surface area contributed by atoms with Crippen LogP contribution < -0.4 is 26.6 Å². The summed E-state index contributed by atoms with van der Waals surface area (Å²) in [6, 6.07) is 0. The average molecular weight is 390 g/mol. The smallest absolute Gasteiger partial charge is 0.408 e. The van der Waals surface area contributed by atoms with Crippen molar-refractivity contribution in [2.24, 2.45) is 0 Å². The summed E-state index contributed by atoms with van der Waals surface area (Å²) in [5.41, 5.74) is 0. The van der Waals surface area contributed by atoms with E-state index >= 15 is 0 Å². The number of rotatable bonds is 18. The summed E-state index contributed by atoms with van der Waals surface area (Å²) in [6.07, 6.45) is 5.42. The van der Waals surface area contributed by atoms with Gasteiger partial charge in [0.25, 0.3) is 0 Å². The summed E-state index contributed by atoms with van der Waals surface area (Å²) in [6.45, 7) is 8.96. The molecule has 27 heavy (non-hydrogen) atoms. The second kappa shape index (κ2) is 20.7. The molecule has 5 N–H and O–H groups in total. The van der Waals surface area contributed by atoms with Gasteiger partial charge in [-0.1, -0.05) is 39.5 Å². The van der Waals surface area contributed by atoms with Gasteiger partial charge in [0, 0.05) is 26.2 Å². The summed E-state index contributed by atoms with van der Waals surface area (Å²) in [5, 5.41) is 14.7. The summed E-state index contributed by atoms with van der Waals surface area (Å²) in [5.74, 6) is 0. The summed E-state index contributed by atoms with van der Waals surface area (Å²) in [7, 11) is 0. The van der Waals surface area contributed by atoms with Crippen LogP contribution in [-0.2, 0) is 9.47 Å². The number of alkyl carbamates (subject to hydrolysis) is 2. The molecule has 0 atom stereocenters. The fraction of sp³-hybridized carbons (Fsp3) is 0.889. The number of hydrogen-bond donors (Lipinski definition) is 5. The molecule has 0 radical (unpaired) electrons. The highest BCUT2D eigenvalue weighted by Gasteiger charge is 2.00. The Balaban J connectivity index is 3.20. The molecule has 0 aliphatic heterocycles. The zero-order chi connectivity index (χ0) is 20.0. The van der Waals surface area contributed by atoms with Crippen molar-refractivity contribution in [3.05, 3.63) is 0 Å². The van der Waals surface area contributed by atoms with E-state index in [9.17, 15) is 9.59 Å². The molecule has 9 nitrogen and oxygen atoms in total. The monoisotopic (exact) mass is 389 g/mol. The number of ether oxygens (including phenoxy) is 2. The van der Waals surface area contributed by atoms with Gasteiger partial charge in [0.2, 0.25) is 0 Å². The predicted octanol–water partition coefficient (Wildman–Crippen LogP) is 1.50. The van der Waals surface area contributed by atoms with Gasteiger partial charge in [-0.2, -0.15) is 0 Å². The first-order chi connectivity index (χ1) is 13.2. The van der Waals surface area contributed by atoms with E-state index in [2.05, 4.69) is 40.4 Å². The van der Waals surface area contributed by atoms with Crippen molar-refractivity contribution in [2.45, 2.75) is 52.4 Å². The molecule has 2 amide bonds. The Morgan fingerprint density at radius 3 is 1.44 bits per heavy atom. The third-order valence-electron chi connectivity index (χ3n) is 3.63. The van der Waals surface area contributed by atoms with Gasteiger partial charge in [-0.25, -0.2) is 9.59 Å². The fourth-order valence-corrected chi connectivity index (χ4v) is 2.06. The van der Waals surface area contributed by atoms with Crippen LogP contribution >= 0.6 is 0 Å². The highest BCUT2D eigenvalue weighted by molar-refractivity contribution is 5.67. The number of unbranched alkanes of at least 4 members (excludes halogenated alkanes) is 4. The largest absolute Gasteiger partial charge is 0.450 e. The molecule has 0 aliphatic rings. The third kappa shape index (κ3) is 20.6. The lowest BCUT2D eigenvalue weighted by molar-refractivity contribution is 0.142. The maximum atomic E-state index is 11.3. The Kier molecular flexibility index (Phi) is 19.5. The second-order valence-corrected chi connectivity index (χ2v) is 6.14. The predicted molar refractivity (Wildman–Crippen MR) is 107 cm³/mol. The van der Waals surface area contributed by atoms with Crippen LogP contribution in [0.15, 0.2) is 0 Å². The zero-order valence-corrected chi connectivity index (χ0v) is 17.0. The molecule has 0 bridgehead atoms. The van der Waals surface area contributed by atoms with Crippen LogP contribution in [0.3, 0.4) is 0 Å². The number of nitrogens with one attached hydrogen (secondary N) is 5. The molecule has 9 heteroatoms. The van der Waals surface area contributed by atoms with Gasteiger partial charge in [-0.3, -0.25) is 10.6 Å². The Bertz CT molecular complexity index is 327. The van der Waals surface area contributed by atoms with Gasteiger partial charge in [-0.15, -0.1) is 0 Å². The molecule has 0 aliphatic carbocycles. The summed E-state index contributed by atoms with van der Waals surface area (Å²) < 4.78 is 10.0. The molecular weight excluding hydrogens is 350 g/mol. The van der Waals surface area contributed by atoms with E-state index in [0.717, 1.165) is 64.7 Å². The molecule has 0 spiro atoms. The minimum atomic E-state index is -0.382. The second-order valence-electron chi connectivity index (χ2n) is 6.14. The van der Waals surface area contributed by atoms with Crippen molar-refractivity contribution in [1.29, 1.82) is 0 Å². The van der Waals surface area contributed by atoms with Crippen LogP contribution in [0.1, 0.15) is 52.4 Å². The number of carbonyl (C=O) groups excluding carboxylic acids is 2. The highest BCUT2D eigenvalue weighted by Crippen LogP contribution is 1.94. The first kappa shape index (κ1) is 25.4. The minimum absolute atomic E-state index is 0.382. The molecular formula is C18H39N5O4. The lowest BCUT2D eigenvalue weighted by Crippen LogP contribution is -2.40. The number of hydrogen-bond acceptors (Lipinski definition) is 7. The van der Waals surface area contributed by atoms with Gasteiger partial charge in [0.15, 0.2) is 0 Å². The topological polar surface area (TPSA) is 113 Å². The quantitative estimate of drug-likeness (QED) is 0.178. The van der Waals surface area contributed by atoms with Crippen LogP contribution in [0.5, 0.6) is 0 Å². The van der Waals surface area contributed by atoms with Gasteiger partial charge < -0.3 is 25.4 Å². The van der Waals surface area contributed by atoms with Crippen molar-refractivity contribution < 1.29 is 19.1 Å². The lowest BCUT2D eigenvalue weighted by Gasteiger charge is -2.10. The Morgan fingerprint density at radius 1 is 0.630 bits per heavy atom. The molecule has 0 fully saturated rings. The zero-order valence-electron chi connectivity index (χ0n) is 17.0. The van der Waals surface area contributed by atoms with Crippen LogP contribution in [0, 0.1) is 0 Å². The molecule has 0 saturated carbocycles. The average Bonchev–Trinajstić information content (AvgIpc) is 2.66. The van der Waals surface area contributed by atoms with E-state index in [0.29, 0.717) is 26.6 Å². The van der Waals surface area contributed by atoms with Gasteiger partial charge in [0.1, 0.15) is 0 Å². The molecule has 160 valence electrons. The van der Waals surface area contributed by atoms with E-state index in [4.69, 9.17) is 9.47 Å². The van der Waals surface area contributed by atoms with E-state index in [1.54, 1.807) is 0 Å². The Labute approximate surface area is 163 Å². The van der Waals surface area contributed by atoms with Crippen LogP contribution in [-0.4, -0.2) is 64.9 Å². The first-order valence-electron chi connectivity index (χ1n) is 10.1. The molecule has 0 heterocycles. The number of carbonyl (C=O) groups is 2. The standard InChI is InChI=1S/C18H39N5O4/c1-3-5-7-13-26-17(24)22-15-20-11-9-19-10-12-21-16-23-18(25)27-14-8-6-4-2/h19-21H,3-16H2,1-2H3,(H,22,24)(H,23,25). The lowest BCUT2D eigenvalue weighted by atomic mass is 10.3. The summed E-state index contributed by atoms with van der Waals surface area (Å²) in [4.78, 5) is 22.7. The van der Waals surface area contributed by atoms with Crippen molar-refractivity contribution in [2.75, 3.05) is 52.7 Å². The SMILES string of the molecule is CCCCCOC(=O)NCNCCNCCNCNC(=O)OCCCCC. The van der Waals surface area contributed by atoms with Crippen molar-refractivity contribution in [1.82, 2.24) is 26.6 Å². The van der Waals surface area contributed by atoms with Gasteiger partial charge in [-0.05, 0) is 12.8 Å². The first-order valence-corrected chi connectivity index (χ1v) is 10.1. The number of amides is 2. The Hall–Kier alpha value is -1.58. The van der Waals surface area contributed by atoms with Crippen molar-refractivity contribution >= 4 is 12.2 Å². The molecule has 0 rings (SSSR count). The van der Waals surface area contributed by atoms with Crippen molar-refractivity contribution in [3.8, 4) is 0 Å². The maximum Gasteiger partial charge on any atom is 0.408 e. The maximum absolute atomic E-state index is 11.3. The van der Waals surface area contributed by atoms with Crippen LogP contribution in [0.4, 0.5) is 9.59 Å². The molecule has 0 saturated heterocycles. The fourth-order valence-electron chi connectivity index (χ4n) is 2.06. The van der Waals surface area contributed by atoms with Gasteiger partial charge in [0.05, 0.1) is 26.6 Å². The normalized spacial score (nSPS) is 10.4. The van der Waals surface area contributed by atoms with Crippen LogP contribution in [0.25, 0.3) is 0 Å². The van der Waals surface area contributed by atoms with Crippen molar-refractivity contribution in [3.63, 3.8) is 0 Å². The van der Waals surface area contributed by atoms with E-state index in [-0.39, 0.29) is 12.2 Å². The molecule has 0 aromatic rings. The molecule has 0 unspecified atom stereocenters. The molecule has 0 aromatic carbocycles. The van der Waals surface area contributed by atoms with E-state index < -0.39 is 0 Å². The summed E-state index contributed by atoms with van der Waals surface area (Å²) >= 11 is 0. The minimum Gasteiger partial charge on any atom is -0.450 e.